The molecule has 0 atom stereocenters. The normalized spacial score (nSPS) is 10.4. The van der Waals surface area contributed by atoms with Crippen molar-refractivity contribution in [3.8, 4) is 11.5 Å². The Morgan fingerprint density at radius 2 is 1.70 bits per heavy atom. The van der Waals surface area contributed by atoms with Crippen molar-refractivity contribution in [1.82, 2.24) is 9.97 Å². The molecular formula is C20H21ClN4O2. The van der Waals surface area contributed by atoms with Crippen LogP contribution in [-0.2, 0) is 6.54 Å². The van der Waals surface area contributed by atoms with Crippen molar-refractivity contribution in [1.29, 1.82) is 0 Å². The summed E-state index contributed by atoms with van der Waals surface area (Å²) in [6.07, 6.45) is 0. The predicted molar refractivity (Wildman–Crippen MR) is 108 cm³/mol. The number of nitrogens with one attached hydrogen (secondary N) is 2. The lowest BCUT2D eigenvalue weighted by Crippen LogP contribution is -2.06. The van der Waals surface area contributed by atoms with Gasteiger partial charge in [-0.25, -0.2) is 4.98 Å². The maximum Gasteiger partial charge on any atom is 0.229 e. The number of hydrogen-bond donors (Lipinski definition) is 2. The molecule has 27 heavy (non-hydrogen) atoms. The van der Waals surface area contributed by atoms with Gasteiger partial charge >= 0.3 is 0 Å². The van der Waals surface area contributed by atoms with Gasteiger partial charge in [-0.2, -0.15) is 4.98 Å². The Balaban J connectivity index is 1.82. The molecule has 0 saturated heterocycles. The third-order valence-electron chi connectivity index (χ3n) is 3.89. The van der Waals surface area contributed by atoms with Gasteiger partial charge in [0.1, 0.15) is 17.3 Å². The molecule has 3 rings (SSSR count). The molecular weight excluding hydrogens is 364 g/mol. The van der Waals surface area contributed by atoms with E-state index >= 15 is 0 Å². The summed E-state index contributed by atoms with van der Waals surface area (Å²) >= 11 is 6.16. The Morgan fingerprint density at radius 1 is 0.963 bits per heavy atom. The first-order valence-electron chi connectivity index (χ1n) is 8.41. The minimum absolute atomic E-state index is 0.452. The van der Waals surface area contributed by atoms with Gasteiger partial charge in [0.2, 0.25) is 5.95 Å². The van der Waals surface area contributed by atoms with E-state index in [0.29, 0.717) is 34.7 Å². The van der Waals surface area contributed by atoms with Crippen molar-refractivity contribution >= 4 is 29.1 Å². The zero-order chi connectivity index (χ0) is 19.2. The number of nitrogens with zero attached hydrogens (tertiary/aromatic N) is 2. The van der Waals surface area contributed by atoms with Gasteiger partial charge in [0.15, 0.2) is 0 Å². The number of hydrogen-bond acceptors (Lipinski definition) is 6. The monoisotopic (exact) mass is 384 g/mol. The Labute approximate surface area is 163 Å². The summed E-state index contributed by atoms with van der Waals surface area (Å²) in [4.78, 5) is 8.98. The van der Waals surface area contributed by atoms with E-state index in [1.54, 1.807) is 26.4 Å². The van der Waals surface area contributed by atoms with Crippen LogP contribution in [0.4, 0.5) is 17.5 Å². The number of rotatable bonds is 7. The van der Waals surface area contributed by atoms with Gasteiger partial charge in [-0.3, -0.25) is 0 Å². The number of ether oxygens (including phenoxy) is 2. The first-order chi connectivity index (χ1) is 13.1. The molecule has 0 spiro atoms. The first kappa shape index (κ1) is 18.8. The summed E-state index contributed by atoms with van der Waals surface area (Å²) in [6, 6.07) is 15.5. The van der Waals surface area contributed by atoms with Crippen molar-refractivity contribution in [3.05, 3.63) is 64.8 Å². The molecule has 0 saturated carbocycles. The standard InChI is InChI=1S/C20H21ClN4O2/c1-13-9-19(22-12-14-7-5-4-6-8-14)25-20(23-13)24-16-11-17(26-2)15(21)10-18(16)27-3/h4-11H,12H2,1-3H3,(H2,22,23,24,25). The Hall–Kier alpha value is -2.99. The Morgan fingerprint density at radius 3 is 2.41 bits per heavy atom. The second-order valence-corrected chi connectivity index (χ2v) is 6.28. The van der Waals surface area contributed by atoms with Crippen LogP contribution in [0.1, 0.15) is 11.3 Å². The van der Waals surface area contributed by atoms with E-state index in [2.05, 4.69) is 32.7 Å². The highest BCUT2D eigenvalue weighted by molar-refractivity contribution is 6.32. The van der Waals surface area contributed by atoms with Gasteiger partial charge in [0, 0.05) is 30.4 Å². The van der Waals surface area contributed by atoms with E-state index in [1.807, 2.05) is 31.2 Å². The van der Waals surface area contributed by atoms with Crippen LogP contribution in [0.5, 0.6) is 11.5 Å². The number of anilines is 3. The molecule has 0 amide bonds. The Bertz CT molecular complexity index is 919. The average Bonchev–Trinajstić information content (AvgIpc) is 2.68. The third kappa shape index (κ3) is 4.80. The summed E-state index contributed by atoms with van der Waals surface area (Å²) in [5.41, 5.74) is 2.67. The molecule has 0 radical (unpaired) electrons. The molecule has 1 aromatic heterocycles. The molecule has 140 valence electrons. The van der Waals surface area contributed by atoms with E-state index in [-0.39, 0.29) is 0 Å². The maximum absolute atomic E-state index is 6.16. The molecule has 7 heteroatoms. The van der Waals surface area contributed by atoms with Gasteiger partial charge in [0.25, 0.3) is 0 Å². The van der Waals surface area contributed by atoms with Gasteiger partial charge in [-0.05, 0) is 12.5 Å². The smallest absolute Gasteiger partial charge is 0.229 e. The maximum atomic E-state index is 6.16. The van der Waals surface area contributed by atoms with Crippen LogP contribution in [0.3, 0.4) is 0 Å². The first-order valence-corrected chi connectivity index (χ1v) is 8.79. The minimum Gasteiger partial charge on any atom is -0.495 e. The minimum atomic E-state index is 0.452. The highest BCUT2D eigenvalue weighted by Crippen LogP contribution is 2.37. The molecule has 3 aromatic rings. The van der Waals surface area contributed by atoms with Crippen LogP contribution >= 0.6 is 11.6 Å². The fourth-order valence-electron chi connectivity index (χ4n) is 2.58. The molecule has 2 N–H and O–H groups in total. The summed E-state index contributed by atoms with van der Waals surface area (Å²) < 4.78 is 10.7. The summed E-state index contributed by atoms with van der Waals surface area (Å²) in [7, 11) is 3.14. The highest BCUT2D eigenvalue weighted by Gasteiger charge is 2.12. The Kier molecular flexibility index (Phi) is 5.98. The molecule has 0 aliphatic rings. The number of aromatic nitrogens is 2. The average molecular weight is 385 g/mol. The van der Waals surface area contributed by atoms with E-state index < -0.39 is 0 Å². The van der Waals surface area contributed by atoms with E-state index in [4.69, 9.17) is 21.1 Å². The summed E-state index contributed by atoms with van der Waals surface area (Å²) in [5, 5.41) is 6.97. The zero-order valence-electron chi connectivity index (χ0n) is 15.4. The van der Waals surface area contributed by atoms with Crippen molar-refractivity contribution in [2.75, 3.05) is 24.9 Å². The van der Waals surface area contributed by atoms with Gasteiger partial charge in [-0.15, -0.1) is 0 Å². The molecule has 0 fully saturated rings. The molecule has 1 heterocycles. The highest BCUT2D eigenvalue weighted by atomic mass is 35.5. The zero-order valence-corrected chi connectivity index (χ0v) is 16.2. The van der Waals surface area contributed by atoms with E-state index in [0.717, 1.165) is 11.5 Å². The van der Waals surface area contributed by atoms with Crippen molar-refractivity contribution in [2.24, 2.45) is 0 Å². The molecule has 0 aliphatic heterocycles. The summed E-state index contributed by atoms with van der Waals surface area (Å²) in [5.74, 6) is 2.29. The van der Waals surface area contributed by atoms with Crippen LogP contribution < -0.4 is 20.1 Å². The molecule has 2 aromatic carbocycles. The van der Waals surface area contributed by atoms with E-state index in [9.17, 15) is 0 Å². The van der Waals surface area contributed by atoms with Crippen LogP contribution in [0, 0.1) is 6.92 Å². The van der Waals surface area contributed by atoms with Crippen LogP contribution in [0.25, 0.3) is 0 Å². The van der Waals surface area contributed by atoms with Crippen molar-refractivity contribution in [3.63, 3.8) is 0 Å². The lowest BCUT2D eigenvalue weighted by atomic mass is 10.2. The quantitative estimate of drug-likeness (QED) is 0.609. The lowest BCUT2D eigenvalue weighted by molar-refractivity contribution is 0.405. The molecule has 0 aliphatic carbocycles. The second kappa shape index (κ2) is 8.60. The third-order valence-corrected chi connectivity index (χ3v) is 4.19. The fraction of sp³-hybridized carbons (Fsp3) is 0.200. The predicted octanol–water partition coefficient (Wildman–Crippen LogP) is 4.81. The van der Waals surface area contributed by atoms with Gasteiger partial charge in [-0.1, -0.05) is 41.9 Å². The lowest BCUT2D eigenvalue weighted by Gasteiger charge is -2.14. The summed E-state index contributed by atoms with van der Waals surface area (Å²) in [6.45, 7) is 2.59. The van der Waals surface area contributed by atoms with Gasteiger partial charge < -0.3 is 20.1 Å². The van der Waals surface area contributed by atoms with Crippen LogP contribution in [0.2, 0.25) is 5.02 Å². The second-order valence-electron chi connectivity index (χ2n) is 5.87. The van der Waals surface area contributed by atoms with Crippen LogP contribution in [0.15, 0.2) is 48.5 Å². The topological polar surface area (TPSA) is 68.3 Å². The van der Waals surface area contributed by atoms with E-state index in [1.165, 1.54) is 5.56 Å². The fourth-order valence-corrected chi connectivity index (χ4v) is 2.81. The SMILES string of the molecule is COc1cc(Nc2nc(C)cc(NCc3ccccc3)n2)c(OC)cc1Cl. The number of methoxy groups -OCH3 is 2. The number of benzene rings is 2. The molecule has 0 bridgehead atoms. The molecule has 6 nitrogen and oxygen atoms in total. The molecule has 0 unspecified atom stereocenters. The largest absolute Gasteiger partial charge is 0.495 e. The van der Waals surface area contributed by atoms with Gasteiger partial charge in [0.05, 0.1) is 24.9 Å². The number of halogens is 1. The van der Waals surface area contributed by atoms with Crippen molar-refractivity contribution < 1.29 is 9.47 Å². The van der Waals surface area contributed by atoms with Crippen LogP contribution in [-0.4, -0.2) is 24.2 Å². The number of aryl methyl sites for hydroxylation is 1. The van der Waals surface area contributed by atoms with Crippen molar-refractivity contribution in [2.45, 2.75) is 13.5 Å².